The van der Waals surface area contributed by atoms with Gasteiger partial charge < -0.3 is 10.6 Å². The van der Waals surface area contributed by atoms with Gasteiger partial charge in [0.05, 0.1) is 0 Å². The number of anilines is 2. The van der Waals surface area contributed by atoms with Crippen molar-refractivity contribution in [2.24, 2.45) is 0 Å². The molecule has 0 amide bonds. The second-order valence-electron chi connectivity index (χ2n) is 3.52. The lowest BCUT2D eigenvalue weighted by Crippen LogP contribution is -2.04. The third-order valence-corrected chi connectivity index (χ3v) is 2.95. The monoisotopic (exact) mass is 240 g/mol. The summed E-state index contributed by atoms with van der Waals surface area (Å²) in [6.07, 6.45) is 7.49. The number of nitrogens with zero attached hydrogens (tertiary/aromatic N) is 2. The smallest absolute Gasteiger partial charge is 0.131 e. The number of hydrogen-bond donors (Lipinski definition) is 2. The first-order valence-electron chi connectivity index (χ1n) is 5.59. The Hall–Kier alpha value is -0.970. The zero-order chi connectivity index (χ0) is 11.6. The SMILES string of the molecule is CNc1cc(NCCCCCSC)ncn1. The lowest BCUT2D eigenvalue weighted by Gasteiger charge is -2.06. The number of thioether (sulfide) groups is 1. The van der Waals surface area contributed by atoms with Crippen LogP contribution in [-0.4, -0.2) is 35.6 Å². The molecule has 16 heavy (non-hydrogen) atoms. The van der Waals surface area contributed by atoms with Crippen molar-refractivity contribution in [3.63, 3.8) is 0 Å². The van der Waals surface area contributed by atoms with E-state index in [0.29, 0.717) is 0 Å². The van der Waals surface area contributed by atoms with Crippen molar-refractivity contribution in [2.75, 3.05) is 36.2 Å². The molecule has 2 N–H and O–H groups in total. The molecule has 1 rings (SSSR count). The van der Waals surface area contributed by atoms with Crippen molar-refractivity contribution in [2.45, 2.75) is 19.3 Å². The van der Waals surface area contributed by atoms with Gasteiger partial charge in [0.2, 0.25) is 0 Å². The fourth-order valence-corrected chi connectivity index (χ4v) is 1.85. The van der Waals surface area contributed by atoms with E-state index in [9.17, 15) is 0 Å². The Morgan fingerprint density at radius 1 is 1.19 bits per heavy atom. The minimum atomic E-state index is 0.847. The van der Waals surface area contributed by atoms with Crippen molar-refractivity contribution in [1.82, 2.24) is 9.97 Å². The molecule has 0 unspecified atom stereocenters. The first-order chi connectivity index (χ1) is 7.86. The molecule has 1 aromatic rings. The van der Waals surface area contributed by atoms with Crippen molar-refractivity contribution in [3.8, 4) is 0 Å². The lowest BCUT2D eigenvalue weighted by molar-refractivity contribution is 0.748. The predicted molar refractivity (Wildman–Crippen MR) is 72.3 cm³/mol. The number of unbranched alkanes of at least 4 members (excludes halogenated alkanes) is 2. The summed E-state index contributed by atoms with van der Waals surface area (Å²) in [4.78, 5) is 8.22. The van der Waals surface area contributed by atoms with Gasteiger partial charge in [0.25, 0.3) is 0 Å². The van der Waals surface area contributed by atoms with Crippen LogP contribution in [0.15, 0.2) is 12.4 Å². The van der Waals surface area contributed by atoms with E-state index in [0.717, 1.165) is 18.2 Å². The van der Waals surface area contributed by atoms with Crippen LogP contribution in [0.25, 0.3) is 0 Å². The standard InChI is InChI=1S/C11H20N4S/c1-12-10-8-11(15-9-14-10)13-6-4-3-5-7-16-2/h8-9H,3-7H2,1-2H3,(H2,12,13,14,15). The fraction of sp³-hybridized carbons (Fsp3) is 0.636. The third-order valence-electron chi connectivity index (χ3n) is 2.25. The zero-order valence-corrected chi connectivity index (χ0v) is 10.8. The average molecular weight is 240 g/mol. The minimum Gasteiger partial charge on any atom is -0.373 e. The zero-order valence-electron chi connectivity index (χ0n) is 9.99. The van der Waals surface area contributed by atoms with Crippen molar-refractivity contribution < 1.29 is 0 Å². The summed E-state index contributed by atoms with van der Waals surface area (Å²) in [6.45, 7) is 0.981. The molecule has 0 atom stereocenters. The maximum Gasteiger partial charge on any atom is 0.131 e. The normalized spacial score (nSPS) is 10.1. The lowest BCUT2D eigenvalue weighted by atomic mass is 10.2. The van der Waals surface area contributed by atoms with Gasteiger partial charge in [0, 0.05) is 19.7 Å². The summed E-state index contributed by atoms with van der Waals surface area (Å²) < 4.78 is 0. The van der Waals surface area contributed by atoms with Gasteiger partial charge in [-0.05, 0) is 24.9 Å². The fourth-order valence-electron chi connectivity index (χ4n) is 1.36. The highest BCUT2D eigenvalue weighted by atomic mass is 32.2. The summed E-state index contributed by atoms with van der Waals surface area (Å²) in [5, 5.41) is 6.29. The highest BCUT2D eigenvalue weighted by Crippen LogP contribution is 2.08. The van der Waals surface area contributed by atoms with E-state index >= 15 is 0 Å². The van der Waals surface area contributed by atoms with Crippen molar-refractivity contribution in [1.29, 1.82) is 0 Å². The van der Waals surface area contributed by atoms with Gasteiger partial charge in [-0.3, -0.25) is 0 Å². The predicted octanol–water partition coefficient (Wildman–Crippen LogP) is 2.46. The second kappa shape index (κ2) is 8.21. The van der Waals surface area contributed by atoms with E-state index in [1.807, 2.05) is 24.9 Å². The number of aromatic nitrogens is 2. The first kappa shape index (κ1) is 13.1. The van der Waals surface area contributed by atoms with Gasteiger partial charge in [-0.1, -0.05) is 6.42 Å². The molecule has 1 heterocycles. The van der Waals surface area contributed by atoms with Gasteiger partial charge in [-0.15, -0.1) is 0 Å². The number of nitrogens with one attached hydrogen (secondary N) is 2. The highest BCUT2D eigenvalue weighted by Gasteiger charge is 1.95. The maximum atomic E-state index is 4.15. The van der Waals surface area contributed by atoms with Gasteiger partial charge in [-0.2, -0.15) is 11.8 Å². The number of hydrogen-bond acceptors (Lipinski definition) is 5. The third kappa shape index (κ3) is 5.21. The molecule has 5 heteroatoms. The summed E-state index contributed by atoms with van der Waals surface area (Å²) in [7, 11) is 1.86. The molecule has 0 aliphatic heterocycles. The van der Waals surface area contributed by atoms with Gasteiger partial charge in [0.1, 0.15) is 18.0 Å². The Kier molecular flexibility index (Phi) is 6.72. The van der Waals surface area contributed by atoms with Gasteiger partial charge in [0.15, 0.2) is 0 Å². The molecular formula is C11H20N4S. The van der Waals surface area contributed by atoms with E-state index in [2.05, 4.69) is 26.9 Å². The molecule has 0 saturated heterocycles. The molecule has 90 valence electrons. The Labute approximate surface area is 102 Å². The Bertz CT molecular complexity index is 293. The number of rotatable bonds is 8. The summed E-state index contributed by atoms with van der Waals surface area (Å²) in [5.74, 6) is 3.00. The van der Waals surface area contributed by atoms with E-state index in [4.69, 9.17) is 0 Å². The molecule has 0 fully saturated rings. The summed E-state index contributed by atoms with van der Waals surface area (Å²) in [6, 6.07) is 1.92. The summed E-state index contributed by atoms with van der Waals surface area (Å²) in [5.41, 5.74) is 0. The van der Waals surface area contributed by atoms with Crippen LogP contribution in [0.2, 0.25) is 0 Å². The molecule has 0 aliphatic carbocycles. The van der Waals surface area contributed by atoms with Gasteiger partial charge in [-0.25, -0.2) is 9.97 Å². The van der Waals surface area contributed by atoms with Crippen molar-refractivity contribution >= 4 is 23.4 Å². The van der Waals surface area contributed by atoms with Crippen LogP contribution < -0.4 is 10.6 Å². The topological polar surface area (TPSA) is 49.8 Å². The van der Waals surface area contributed by atoms with E-state index in [-0.39, 0.29) is 0 Å². The van der Waals surface area contributed by atoms with Crippen molar-refractivity contribution in [3.05, 3.63) is 12.4 Å². The van der Waals surface area contributed by atoms with Crippen LogP contribution in [-0.2, 0) is 0 Å². The molecule has 0 aliphatic rings. The Morgan fingerprint density at radius 2 is 2.00 bits per heavy atom. The van der Waals surface area contributed by atoms with Crippen LogP contribution in [0, 0.1) is 0 Å². The minimum absolute atomic E-state index is 0.847. The van der Waals surface area contributed by atoms with E-state index in [1.54, 1.807) is 6.33 Å². The summed E-state index contributed by atoms with van der Waals surface area (Å²) >= 11 is 1.91. The molecule has 0 aromatic carbocycles. The largest absolute Gasteiger partial charge is 0.373 e. The van der Waals surface area contributed by atoms with Crippen LogP contribution in [0.4, 0.5) is 11.6 Å². The van der Waals surface area contributed by atoms with Crippen LogP contribution >= 0.6 is 11.8 Å². The second-order valence-corrected chi connectivity index (χ2v) is 4.50. The Balaban J connectivity index is 2.16. The Morgan fingerprint density at radius 3 is 2.75 bits per heavy atom. The molecule has 0 spiro atoms. The molecule has 4 nitrogen and oxygen atoms in total. The van der Waals surface area contributed by atoms with Crippen LogP contribution in [0.1, 0.15) is 19.3 Å². The van der Waals surface area contributed by atoms with E-state index < -0.39 is 0 Å². The molecular weight excluding hydrogens is 220 g/mol. The maximum absolute atomic E-state index is 4.15. The first-order valence-corrected chi connectivity index (χ1v) is 6.99. The quantitative estimate of drug-likeness (QED) is 0.684. The molecule has 0 saturated carbocycles. The van der Waals surface area contributed by atoms with E-state index in [1.165, 1.54) is 25.0 Å². The van der Waals surface area contributed by atoms with Crippen LogP contribution in [0.5, 0.6) is 0 Å². The molecule has 0 radical (unpaired) electrons. The van der Waals surface area contributed by atoms with Gasteiger partial charge >= 0.3 is 0 Å². The van der Waals surface area contributed by atoms with Crippen LogP contribution in [0.3, 0.4) is 0 Å². The highest BCUT2D eigenvalue weighted by molar-refractivity contribution is 7.98. The molecule has 0 bridgehead atoms. The molecule has 1 aromatic heterocycles. The average Bonchev–Trinajstić information content (AvgIpc) is 2.34.